The maximum atomic E-state index is 12.1. The summed E-state index contributed by atoms with van der Waals surface area (Å²) in [5, 5.41) is 2.92. The lowest BCUT2D eigenvalue weighted by atomic mass is 10.1. The van der Waals surface area contributed by atoms with Crippen molar-refractivity contribution < 1.29 is 4.79 Å². The average Bonchev–Trinajstić information content (AvgIpc) is 2.86. The van der Waals surface area contributed by atoms with Gasteiger partial charge in [0, 0.05) is 4.88 Å². The molecule has 1 unspecified atom stereocenters. The van der Waals surface area contributed by atoms with Gasteiger partial charge in [-0.15, -0.1) is 11.3 Å². The van der Waals surface area contributed by atoms with Gasteiger partial charge in [0.15, 0.2) is 0 Å². The van der Waals surface area contributed by atoms with E-state index in [2.05, 4.69) is 5.32 Å². The molecule has 0 saturated carbocycles. The third-order valence-electron chi connectivity index (χ3n) is 3.01. The highest BCUT2D eigenvalue weighted by molar-refractivity contribution is 7.16. The van der Waals surface area contributed by atoms with Crippen molar-refractivity contribution in [3.8, 4) is 0 Å². The lowest BCUT2D eigenvalue weighted by Gasteiger charge is -2.16. The van der Waals surface area contributed by atoms with Gasteiger partial charge in [-0.25, -0.2) is 0 Å². The number of rotatable bonds is 5. The van der Waals surface area contributed by atoms with Crippen LogP contribution >= 0.6 is 22.9 Å². The van der Waals surface area contributed by atoms with Crippen molar-refractivity contribution in [3.63, 3.8) is 0 Å². The van der Waals surface area contributed by atoms with E-state index in [-0.39, 0.29) is 11.9 Å². The number of nitrogens with two attached hydrogens (primary N) is 1. The Bertz CT molecular complexity index is 570. The van der Waals surface area contributed by atoms with Gasteiger partial charge >= 0.3 is 0 Å². The maximum absolute atomic E-state index is 12.1. The number of thiophene rings is 1. The molecule has 106 valence electrons. The van der Waals surface area contributed by atoms with E-state index in [1.54, 1.807) is 0 Å². The van der Waals surface area contributed by atoms with Crippen molar-refractivity contribution in [2.45, 2.75) is 25.4 Å². The van der Waals surface area contributed by atoms with Crippen LogP contribution in [-0.2, 0) is 11.2 Å². The van der Waals surface area contributed by atoms with Crippen LogP contribution < -0.4 is 11.1 Å². The molecule has 0 aliphatic carbocycles. The van der Waals surface area contributed by atoms with Crippen LogP contribution in [0.15, 0.2) is 42.5 Å². The molecule has 2 aromatic rings. The van der Waals surface area contributed by atoms with E-state index in [1.807, 2.05) is 49.4 Å². The van der Waals surface area contributed by atoms with Crippen LogP contribution in [-0.4, -0.2) is 11.9 Å². The van der Waals surface area contributed by atoms with E-state index < -0.39 is 6.04 Å². The van der Waals surface area contributed by atoms with Crippen LogP contribution in [0.4, 0.5) is 0 Å². The number of hydrogen-bond acceptors (Lipinski definition) is 3. The van der Waals surface area contributed by atoms with Gasteiger partial charge in [0.1, 0.15) is 0 Å². The summed E-state index contributed by atoms with van der Waals surface area (Å²) in [7, 11) is 0. The van der Waals surface area contributed by atoms with Crippen LogP contribution in [0, 0.1) is 0 Å². The summed E-state index contributed by atoms with van der Waals surface area (Å²) >= 11 is 7.36. The Hall–Kier alpha value is -1.36. The van der Waals surface area contributed by atoms with E-state index in [1.165, 1.54) is 11.3 Å². The first-order valence-electron chi connectivity index (χ1n) is 6.41. The Morgan fingerprint density at radius 2 is 2.00 bits per heavy atom. The standard InChI is InChI=1S/C15H17ClN2OS/c1-10(13-7-8-14(16)20-13)18-15(19)12(17)9-11-5-3-2-4-6-11/h2-8,10,12H,9,17H2,1H3,(H,18,19)/t10?,12-/m0/s1. The van der Waals surface area contributed by atoms with Crippen molar-refractivity contribution in [3.05, 3.63) is 57.2 Å². The minimum atomic E-state index is -0.546. The highest BCUT2D eigenvalue weighted by Crippen LogP contribution is 2.26. The molecule has 0 bridgehead atoms. The van der Waals surface area contributed by atoms with Crippen molar-refractivity contribution in [2.24, 2.45) is 5.73 Å². The minimum Gasteiger partial charge on any atom is -0.347 e. The van der Waals surface area contributed by atoms with Crippen LogP contribution in [0.5, 0.6) is 0 Å². The van der Waals surface area contributed by atoms with Crippen molar-refractivity contribution in [1.82, 2.24) is 5.32 Å². The first-order valence-corrected chi connectivity index (χ1v) is 7.61. The smallest absolute Gasteiger partial charge is 0.237 e. The lowest BCUT2D eigenvalue weighted by Crippen LogP contribution is -2.42. The highest BCUT2D eigenvalue weighted by Gasteiger charge is 2.17. The molecule has 20 heavy (non-hydrogen) atoms. The van der Waals surface area contributed by atoms with Gasteiger partial charge in [0.05, 0.1) is 16.4 Å². The first kappa shape index (κ1) is 15.0. The topological polar surface area (TPSA) is 55.1 Å². The molecule has 5 heteroatoms. The van der Waals surface area contributed by atoms with Gasteiger partial charge in [0.25, 0.3) is 0 Å². The number of carbonyl (C=O) groups is 1. The molecule has 1 aromatic carbocycles. The van der Waals surface area contributed by atoms with Gasteiger partial charge in [-0.05, 0) is 31.0 Å². The Morgan fingerprint density at radius 1 is 1.30 bits per heavy atom. The van der Waals surface area contributed by atoms with E-state index >= 15 is 0 Å². The summed E-state index contributed by atoms with van der Waals surface area (Å²) in [4.78, 5) is 13.1. The van der Waals surface area contributed by atoms with E-state index in [9.17, 15) is 4.79 Å². The second kappa shape index (κ2) is 6.88. The summed E-state index contributed by atoms with van der Waals surface area (Å²) in [5.41, 5.74) is 7.00. The number of benzene rings is 1. The summed E-state index contributed by atoms with van der Waals surface area (Å²) in [5.74, 6) is -0.147. The van der Waals surface area contributed by atoms with E-state index in [4.69, 9.17) is 17.3 Å². The Labute approximate surface area is 127 Å². The first-order chi connectivity index (χ1) is 9.56. The third-order valence-corrected chi connectivity index (χ3v) is 4.43. The molecule has 1 amide bonds. The van der Waals surface area contributed by atoms with Crippen LogP contribution in [0.25, 0.3) is 0 Å². The van der Waals surface area contributed by atoms with Gasteiger partial charge in [-0.1, -0.05) is 41.9 Å². The predicted molar refractivity (Wildman–Crippen MR) is 84.0 cm³/mol. The Morgan fingerprint density at radius 3 is 2.60 bits per heavy atom. The molecular formula is C15H17ClN2OS. The molecule has 0 saturated heterocycles. The van der Waals surface area contributed by atoms with Crippen LogP contribution in [0.2, 0.25) is 4.34 Å². The molecule has 2 atom stereocenters. The van der Waals surface area contributed by atoms with E-state index in [0.29, 0.717) is 6.42 Å². The molecule has 1 heterocycles. The molecule has 0 fully saturated rings. The molecule has 2 rings (SSSR count). The monoisotopic (exact) mass is 308 g/mol. The predicted octanol–water partition coefficient (Wildman–Crippen LogP) is 3.15. The third kappa shape index (κ3) is 4.07. The van der Waals surface area contributed by atoms with Crippen LogP contribution in [0.3, 0.4) is 0 Å². The number of halogens is 1. The van der Waals surface area contributed by atoms with Crippen molar-refractivity contribution >= 4 is 28.8 Å². The average molecular weight is 309 g/mol. The second-order valence-electron chi connectivity index (χ2n) is 4.67. The van der Waals surface area contributed by atoms with Crippen LogP contribution in [0.1, 0.15) is 23.4 Å². The van der Waals surface area contributed by atoms with Gasteiger partial charge in [-0.2, -0.15) is 0 Å². The van der Waals surface area contributed by atoms with E-state index in [0.717, 1.165) is 14.8 Å². The Balaban J connectivity index is 1.91. The quantitative estimate of drug-likeness (QED) is 0.891. The number of nitrogens with one attached hydrogen (secondary N) is 1. The largest absolute Gasteiger partial charge is 0.347 e. The molecule has 3 nitrogen and oxygen atoms in total. The summed E-state index contributed by atoms with van der Waals surface area (Å²) in [6, 6.07) is 12.9. The number of amides is 1. The van der Waals surface area contributed by atoms with Crippen molar-refractivity contribution in [1.29, 1.82) is 0 Å². The summed E-state index contributed by atoms with van der Waals surface area (Å²) < 4.78 is 0.717. The molecule has 1 aromatic heterocycles. The second-order valence-corrected chi connectivity index (χ2v) is 6.42. The zero-order chi connectivity index (χ0) is 14.5. The lowest BCUT2D eigenvalue weighted by molar-refractivity contribution is -0.122. The van der Waals surface area contributed by atoms with Gasteiger partial charge < -0.3 is 11.1 Å². The zero-order valence-electron chi connectivity index (χ0n) is 11.2. The summed E-state index contributed by atoms with van der Waals surface area (Å²) in [6.07, 6.45) is 0.532. The zero-order valence-corrected chi connectivity index (χ0v) is 12.7. The Kier molecular flexibility index (Phi) is 5.17. The molecule has 0 aliphatic heterocycles. The maximum Gasteiger partial charge on any atom is 0.237 e. The fourth-order valence-electron chi connectivity index (χ4n) is 1.91. The van der Waals surface area contributed by atoms with Crippen molar-refractivity contribution in [2.75, 3.05) is 0 Å². The molecule has 0 spiro atoms. The fraction of sp³-hybridized carbons (Fsp3) is 0.267. The SMILES string of the molecule is CC(NC(=O)[C@@H](N)Cc1ccccc1)c1ccc(Cl)s1. The van der Waals surface area contributed by atoms with Gasteiger partial charge in [-0.3, -0.25) is 4.79 Å². The molecule has 3 N–H and O–H groups in total. The minimum absolute atomic E-state index is 0.0816. The number of hydrogen-bond donors (Lipinski definition) is 2. The summed E-state index contributed by atoms with van der Waals surface area (Å²) in [6.45, 7) is 1.93. The number of carbonyl (C=O) groups excluding carboxylic acids is 1. The normalized spacial score (nSPS) is 13.8. The molecule has 0 aliphatic rings. The fourth-order valence-corrected chi connectivity index (χ4v) is 2.98. The molecular weight excluding hydrogens is 292 g/mol. The highest BCUT2D eigenvalue weighted by atomic mass is 35.5. The molecule has 0 radical (unpaired) electrons. The van der Waals surface area contributed by atoms with Gasteiger partial charge in [0.2, 0.25) is 5.91 Å².